The predicted molar refractivity (Wildman–Crippen MR) is 161 cm³/mol. The van der Waals surface area contributed by atoms with Gasteiger partial charge in [-0.25, -0.2) is 4.98 Å². The lowest BCUT2D eigenvalue weighted by molar-refractivity contribution is 0.482. The summed E-state index contributed by atoms with van der Waals surface area (Å²) in [5.74, 6) is 1.53. The molecule has 8 rings (SSSR count). The second kappa shape index (κ2) is 8.79. The van der Waals surface area contributed by atoms with Gasteiger partial charge in [0.25, 0.3) is 0 Å². The van der Waals surface area contributed by atoms with Gasteiger partial charge in [0, 0.05) is 55.0 Å². The Labute approximate surface area is 228 Å². The molecule has 8 aromatic rings. The summed E-state index contributed by atoms with van der Waals surface area (Å²) in [6.45, 7) is 0. The molecular weight excluding hydrogens is 498 g/mol. The number of nitrogens with zero attached hydrogens (tertiary/aromatic N) is 3. The summed E-state index contributed by atoms with van der Waals surface area (Å²) < 4.78 is 11.2. The highest BCUT2D eigenvalue weighted by Crippen LogP contribution is 2.43. The summed E-state index contributed by atoms with van der Waals surface area (Å²) in [4.78, 5) is 9.32. The smallest absolute Gasteiger partial charge is 0.145 e. The number of hydrogen-bond donors (Lipinski definition) is 0. The van der Waals surface area contributed by atoms with Gasteiger partial charge in [0.2, 0.25) is 0 Å². The molecule has 5 heteroatoms. The number of thiophene rings is 1. The minimum Gasteiger partial charge on any atom is -0.457 e. The van der Waals surface area contributed by atoms with E-state index in [-0.39, 0.29) is 0 Å². The fourth-order valence-corrected chi connectivity index (χ4v) is 6.60. The third kappa shape index (κ3) is 3.59. The van der Waals surface area contributed by atoms with E-state index in [0.717, 1.165) is 45.0 Å². The molecule has 184 valence electrons. The van der Waals surface area contributed by atoms with Crippen molar-refractivity contribution in [3.8, 4) is 28.4 Å². The third-order valence-electron chi connectivity index (χ3n) is 7.14. The van der Waals surface area contributed by atoms with Gasteiger partial charge in [-0.1, -0.05) is 42.5 Å². The molecule has 0 bridgehead atoms. The highest BCUT2D eigenvalue weighted by molar-refractivity contribution is 7.26. The molecule has 4 nitrogen and oxygen atoms in total. The number of benzene rings is 4. The van der Waals surface area contributed by atoms with Gasteiger partial charge in [-0.2, -0.15) is 0 Å². The number of pyridine rings is 2. The molecule has 4 aromatic carbocycles. The van der Waals surface area contributed by atoms with Crippen LogP contribution >= 0.6 is 11.3 Å². The molecule has 4 heterocycles. The van der Waals surface area contributed by atoms with E-state index < -0.39 is 0 Å². The van der Waals surface area contributed by atoms with Gasteiger partial charge in [-0.05, 0) is 66.7 Å². The molecule has 0 radical (unpaired) electrons. The van der Waals surface area contributed by atoms with Gasteiger partial charge < -0.3 is 4.74 Å². The highest BCUT2D eigenvalue weighted by atomic mass is 32.1. The number of ether oxygens (including phenoxy) is 1. The summed E-state index contributed by atoms with van der Waals surface area (Å²) in [5, 5.41) is 4.97. The first-order chi connectivity index (χ1) is 19.3. The van der Waals surface area contributed by atoms with Crippen LogP contribution in [0.4, 0.5) is 0 Å². The van der Waals surface area contributed by atoms with Crippen LogP contribution in [0.5, 0.6) is 11.5 Å². The minimum absolute atomic E-state index is 0.763. The fraction of sp³-hybridized carbons (Fsp3) is 0. The topological polar surface area (TPSA) is 39.9 Å². The summed E-state index contributed by atoms with van der Waals surface area (Å²) in [7, 11) is 0. The molecular formula is C34H21N3OS. The molecule has 39 heavy (non-hydrogen) atoms. The van der Waals surface area contributed by atoms with Gasteiger partial charge in [-0.15, -0.1) is 11.3 Å². The Balaban J connectivity index is 1.29. The van der Waals surface area contributed by atoms with Crippen molar-refractivity contribution in [1.29, 1.82) is 0 Å². The third-order valence-corrected chi connectivity index (χ3v) is 8.27. The van der Waals surface area contributed by atoms with Crippen LogP contribution in [0.2, 0.25) is 0 Å². The second-order valence-corrected chi connectivity index (χ2v) is 10.6. The Morgan fingerprint density at radius 2 is 1.41 bits per heavy atom. The van der Waals surface area contributed by atoms with E-state index in [2.05, 4.69) is 64.1 Å². The molecule has 4 aromatic heterocycles. The number of rotatable bonds is 4. The van der Waals surface area contributed by atoms with Crippen molar-refractivity contribution in [2.45, 2.75) is 0 Å². The Morgan fingerprint density at radius 3 is 2.33 bits per heavy atom. The van der Waals surface area contributed by atoms with Crippen molar-refractivity contribution in [3.63, 3.8) is 0 Å². The van der Waals surface area contributed by atoms with Crippen LogP contribution in [0, 0.1) is 0 Å². The first-order valence-electron chi connectivity index (χ1n) is 12.8. The maximum atomic E-state index is 6.36. The SMILES string of the molecule is c1ccc(-c2cccc(Oc3cccc(-n4c5ccc6sc7ccccc7c6c5c5cccnc54)c3)c2)nc1. The van der Waals surface area contributed by atoms with Crippen molar-refractivity contribution in [3.05, 3.63) is 128 Å². The molecule has 0 saturated carbocycles. The van der Waals surface area contributed by atoms with Crippen molar-refractivity contribution < 1.29 is 4.74 Å². The Morgan fingerprint density at radius 1 is 0.590 bits per heavy atom. The lowest BCUT2D eigenvalue weighted by atomic mass is 10.1. The molecule has 0 aliphatic rings. The van der Waals surface area contributed by atoms with Crippen LogP contribution < -0.4 is 4.74 Å². The van der Waals surface area contributed by atoms with Gasteiger partial charge >= 0.3 is 0 Å². The van der Waals surface area contributed by atoms with Crippen molar-refractivity contribution >= 4 is 53.4 Å². The zero-order chi connectivity index (χ0) is 25.8. The van der Waals surface area contributed by atoms with Crippen molar-refractivity contribution in [1.82, 2.24) is 14.5 Å². The van der Waals surface area contributed by atoms with Crippen molar-refractivity contribution in [2.24, 2.45) is 0 Å². The van der Waals surface area contributed by atoms with E-state index in [1.54, 1.807) is 6.20 Å². The van der Waals surface area contributed by atoms with E-state index in [1.807, 2.05) is 78.2 Å². The molecule has 0 aliphatic carbocycles. The van der Waals surface area contributed by atoms with E-state index in [9.17, 15) is 0 Å². The van der Waals surface area contributed by atoms with E-state index in [1.165, 1.54) is 25.6 Å². The monoisotopic (exact) mass is 519 g/mol. The van der Waals surface area contributed by atoms with Crippen LogP contribution in [0.15, 0.2) is 128 Å². The van der Waals surface area contributed by atoms with Crippen molar-refractivity contribution in [2.75, 3.05) is 0 Å². The lowest BCUT2D eigenvalue weighted by Gasteiger charge is -2.11. The maximum Gasteiger partial charge on any atom is 0.145 e. The van der Waals surface area contributed by atoms with Crippen LogP contribution in [0.3, 0.4) is 0 Å². The Hall–Kier alpha value is -5.00. The number of hydrogen-bond acceptors (Lipinski definition) is 4. The van der Waals surface area contributed by atoms with E-state index in [0.29, 0.717) is 0 Å². The first kappa shape index (κ1) is 22.0. The van der Waals surface area contributed by atoms with E-state index in [4.69, 9.17) is 9.72 Å². The Kier molecular flexibility index (Phi) is 4.96. The molecule has 0 aliphatic heterocycles. The fourth-order valence-electron chi connectivity index (χ4n) is 5.48. The van der Waals surface area contributed by atoms with Gasteiger partial charge in [-0.3, -0.25) is 9.55 Å². The molecule has 0 N–H and O–H groups in total. The van der Waals surface area contributed by atoms with Crippen LogP contribution in [0.1, 0.15) is 0 Å². The Bertz CT molecular complexity index is 2160. The zero-order valence-electron chi connectivity index (χ0n) is 20.8. The van der Waals surface area contributed by atoms with E-state index >= 15 is 0 Å². The van der Waals surface area contributed by atoms with Gasteiger partial charge in [0.1, 0.15) is 17.1 Å². The second-order valence-electron chi connectivity index (χ2n) is 9.48. The largest absolute Gasteiger partial charge is 0.457 e. The molecule has 0 atom stereocenters. The predicted octanol–water partition coefficient (Wildman–Crippen LogP) is 9.40. The summed E-state index contributed by atoms with van der Waals surface area (Å²) in [5.41, 5.74) is 5.01. The standard InChI is InChI=1S/C34H21N3OS/c1-2-15-30-26(12-1)33-31(39-30)17-16-29-32(33)27-13-7-19-36-34(27)37(29)23-9-6-11-25(21-23)38-24-10-5-8-22(20-24)28-14-3-4-18-35-28/h1-21H. The van der Waals surface area contributed by atoms with Gasteiger partial charge in [0.05, 0.1) is 16.9 Å². The molecule has 0 spiro atoms. The average molecular weight is 520 g/mol. The molecule has 0 unspecified atom stereocenters. The highest BCUT2D eigenvalue weighted by Gasteiger charge is 2.18. The lowest BCUT2D eigenvalue weighted by Crippen LogP contribution is -1.96. The molecule has 0 fully saturated rings. The van der Waals surface area contributed by atoms with Crippen LogP contribution in [0.25, 0.3) is 59.1 Å². The zero-order valence-corrected chi connectivity index (χ0v) is 21.6. The van der Waals surface area contributed by atoms with Crippen LogP contribution in [-0.4, -0.2) is 14.5 Å². The molecule has 0 amide bonds. The normalized spacial score (nSPS) is 11.6. The maximum absolute atomic E-state index is 6.36. The molecule has 0 saturated heterocycles. The van der Waals surface area contributed by atoms with Gasteiger partial charge in [0.15, 0.2) is 0 Å². The summed E-state index contributed by atoms with van der Waals surface area (Å²) in [6.07, 6.45) is 3.67. The van der Waals surface area contributed by atoms with Crippen LogP contribution in [-0.2, 0) is 0 Å². The average Bonchev–Trinajstić information content (AvgIpc) is 3.53. The first-order valence-corrected chi connectivity index (χ1v) is 13.6. The number of aromatic nitrogens is 3. The quantitative estimate of drug-likeness (QED) is 0.232. The summed E-state index contributed by atoms with van der Waals surface area (Å²) >= 11 is 1.84. The summed E-state index contributed by atoms with van der Waals surface area (Å²) in [6, 6.07) is 39.5. The minimum atomic E-state index is 0.763. The number of fused-ring (bicyclic) bond motifs is 7.